The molecule has 8 heteroatoms. The van der Waals surface area contributed by atoms with Crippen molar-refractivity contribution in [1.29, 1.82) is 0 Å². The molecule has 0 saturated carbocycles. The van der Waals surface area contributed by atoms with Gasteiger partial charge in [-0.05, 0) is 35.7 Å². The number of aromatic nitrogens is 2. The van der Waals surface area contributed by atoms with Crippen molar-refractivity contribution >= 4 is 41.5 Å². The van der Waals surface area contributed by atoms with E-state index in [4.69, 9.17) is 16.3 Å². The third-order valence-electron chi connectivity index (χ3n) is 4.42. The van der Waals surface area contributed by atoms with Crippen LogP contribution in [0.1, 0.15) is 17.5 Å². The van der Waals surface area contributed by atoms with Gasteiger partial charge in [0.15, 0.2) is 5.96 Å². The highest BCUT2D eigenvalue weighted by molar-refractivity contribution is 14.0. The molecule has 160 valence electrons. The van der Waals surface area contributed by atoms with E-state index in [2.05, 4.69) is 32.9 Å². The number of hydrogen-bond acceptors (Lipinski definition) is 3. The summed E-state index contributed by atoms with van der Waals surface area (Å²) in [6.07, 6.45) is 4.72. The molecule has 3 rings (SSSR count). The van der Waals surface area contributed by atoms with Gasteiger partial charge in [0.25, 0.3) is 0 Å². The van der Waals surface area contributed by atoms with Crippen molar-refractivity contribution in [3.8, 4) is 5.75 Å². The van der Waals surface area contributed by atoms with Crippen LogP contribution in [0.2, 0.25) is 5.02 Å². The number of guanidine groups is 1. The lowest BCUT2D eigenvalue weighted by Crippen LogP contribution is -2.37. The Hall–Kier alpha value is -2.26. The fourth-order valence-electron chi connectivity index (χ4n) is 2.87. The summed E-state index contributed by atoms with van der Waals surface area (Å²) < 4.78 is 7.82. The molecule has 6 nitrogen and oxygen atoms in total. The van der Waals surface area contributed by atoms with Gasteiger partial charge < -0.3 is 15.4 Å². The van der Waals surface area contributed by atoms with Crippen LogP contribution in [0.4, 0.5) is 0 Å². The van der Waals surface area contributed by atoms with Crippen molar-refractivity contribution in [3.63, 3.8) is 0 Å². The first kappa shape index (κ1) is 24.0. The lowest BCUT2D eigenvalue weighted by molar-refractivity contribution is 0.305. The van der Waals surface area contributed by atoms with E-state index in [1.165, 1.54) is 0 Å². The predicted molar refractivity (Wildman–Crippen MR) is 133 cm³/mol. The first-order valence-electron chi connectivity index (χ1n) is 9.62. The van der Waals surface area contributed by atoms with Gasteiger partial charge in [0.05, 0.1) is 5.02 Å². The second-order valence-electron chi connectivity index (χ2n) is 6.46. The first-order chi connectivity index (χ1) is 14.3. The zero-order valence-corrected chi connectivity index (χ0v) is 20.0. The minimum atomic E-state index is 0. The van der Waals surface area contributed by atoms with Crippen LogP contribution in [0.25, 0.3) is 0 Å². The summed E-state index contributed by atoms with van der Waals surface area (Å²) >= 11 is 6.18. The van der Waals surface area contributed by atoms with Gasteiger partial charge in [-0.2, -0.15) is 5.10 Å². The molecule has 0 unspecified atom stereocenters. The summed E-state index contributed by atoms with van der Waals surface area (Å²) in [6.45, 7) is 2.80. The van der Waals surface area contributed by atoms with Crippen LogP contribution in [-0.4, -0.2) is 29.3 Å². The summed E-state index contributed by atoms with van der Waals surface area (Å²) in [6, 6.07) is 17.6. The van der Waals surface area contributed by atoms with Crippen molar-refractivity contribution < 1.29 is 4.74 Å². The van der Waals surface area contributed by atoms with Crippen LogP contribution in [0.3, 0.4) is 0 Å². The highest BCUT2D eigenvalue weighted by Gasteiger charge is 2.06. The van der Waals surface area contributed by atoms with Crippen LogP contribution < -0.4 is 15.4 Å². The molecule has 1 aromatic heterocycles. The number of halogens is 2. The fourth-order valence-corrected chi connectivity index (χ4v) is 3.06. The van der Waals surface area contributed by atoms with Crippen LogP contribution in [0.5, 0.6) is 5.75 Å². The Morgan fingerprint density at radius 2 is 1.83 bits per heavy atom. The highest BCUT2D eigenvalue weighted by atomic mass is 127. The number of aliphatic imine (C=N–C) groups is 1. The Morgan fingerprint density at radius 3 is 2.57 bits per heavy atom. The lowest BCUT2D eigenvalue weighted by atomic mass is 10.1. The molecule has 0 fully saturated rings. The lowest BCUT2D eigenvalue weighted by Gasteiger charge is -2.15. The van der Waals surface area contributed by atoms with Gasteiger partial charge in [-0.1, -0.05) is 48.0 Å². The van der Waals surface area contributed by atoms with E-state index in [1.54, 1.807) is 13.2 Å². The van der Waals surface area contributed by atoms with Crippen LogP contribution in [0.15, 0.2) is 72.0 Å². The second kappa shape index (κ2) is 13.1. The average Bonchev–Trinajstić information content (AvgIpc) is 3.27. The number of para-hydroxylation sites is 1. The molecule has 1 heterocycles. The predicted octanol–water partition coefficient (Wildman–Crippen LogP) is 4.49. The van der Waals surface area contributed by atoms with Crippen molar-refractivity contribution in [2.24, 2.45) is 4.99 Å². The second-order valence-corrected chi connectivity index (χ2v) is 6.87. The summed E-state index contributed by atoms with van der Waals surface area (Å²) in [5.74, 6) is 1.46. The van der Waals surface area contributed by atoms with Crippen LogP contribution >= 0.6 is 35.6 Å². The van der Waals surface area contributed by atoms with Gasteiger partial charge in [-0.25, -0.2) is 0 Å². The number of ether oxygens (including phenoxy) is 1. The smallest absolute Gasteiger partial charge is 0.191 e. The van der Waals surface area contributed by atoms with E-state index >= 15 is 0 Å². The molecule has 3 aromatic rings. The van der Waals surface area contributed by atoms with E-state index in [-0.39, 0.29) is 24.0 Å². The Kier molecular flexibility index (Phi) is 10.5. The largest absolute Gasteiger partial charge is 0.487 e. The minimum absolute atomic E-state index is 0. The van der Waals surface area contributed by atoms with Crippen LogP contribution in [0, 0.1) is 0 Å². The first-order valence-corrected chi connectivity index (χ1v) is 10.00. The summed E-state index contributed by atoms with van der Waals surface area (Å²) in [7, 11) is 1.77. The molecule has 0 radical (unpaired) electrons. The third-order valence-corrected chi connectivity index (χ3v) is 4.74. The van der Waals surface area contributed by atoms with E-state index in [0.717, 1.165) is 36.6 Å². The zero-order valence-electron chi connectivity index (χ0n) is 16.9. The molecule has 2 aromatic carbocycles. The molecule has 2 N–H and O–H groups in total. The van der Waals surface area contributed by atoms with Crippen molar-refractivity contribution in [2.45, 2.75) is 26.1 Å². The Bertz CT molecular complexity index is 917. The van der Waals surface area contributed by atoms with Gasteiger partial charge in [-0.15, -0.1) is 24.0 Å². The van der Waals surface area contributed by atoms with Gasteiger partial charge >= 0.3 is 0 Å². The Labute approximate surface area is 199 Å². The molecular formula is C22H27ClIN5O. The number of nitrogens with zero attached hydrogens (tertiary/aromatic N) is 3. The molecule has 0 bridgehead atoms. The highest BCUT2D eigenvalue weighted by Crippen LogP contribution is 2.24. The van der Waals surface area contributed by atoms with E-state index in [1.807, 2.05) is 53.3 Å². The fraction of sp³-hybridized carbons (Fsp3) is 0.273. The summed E-state index contributed by atoms with van der Waals surface area (Å²) in [5.41, 5.74) is 2.26. The summed E-state index contributed by atoms with van der Waals surface area (Å²) in [4.78, 5) is 4.30. The molecule has 0 amide bonds. The van der Waals surface area contributed by atoms with Crippen molar-refractivity contribution in [1.82, 2.24) is 20.4 Å². The van der Waals surface area contributed by atoms with Gasteiger partial charge in [0.2, 0.25) is 0 Å². The molecule has 30 heavy (non-hydrogen) atoms. The topological polar surface area (TPSA) is 63.5 Å². The maximum atomic E-state index is 6.18. The van der Waals surface area contributed by atoms with E-state index in [9.17, 15) is 0 Å². The van der Waals surface area contributed by atoms with E-state index in [0.29, 0.717) is 23.9 Å². The molecule has 0 aliphatic carbocycles. The number of rotatable bonds is 9. The quantitative estimate of drug-likeness (QED) is 0.182. The van der Waals surface area contributed by atoms with Crippen molar-refractivity contribution in [3.05, 3.63) is 83.1 Å². The van der Waals surface area contributed by atoms with Gasteiger partial charge in [-0.3, -0.25) is 9.67 Å². The molecule has 0 aliphatic heterocycles. The van der Waals surface area contributed by atoms with Gasteiger partial charge in [0.1, 0.15) is 12.4 Å². The van der Waals surface area contributed by atoms with Crippen molar-refractivity contribution in [2.75, 3.05) is 13.6 Å². The maximum Gasteiger partial charge on any atom is 0.191 e. The molecule has 0 spiro atoms. The number of hydrogen-bond donors (Lipinski definition) is 2. The maximum absolute atomic E-state index is 6.18. The average molecular weight is 540 g/mol. The normalized spacial score (nSPS) is 10.9. The monoisotopic (exact) mass is 539 g/mol. The Morgan fingerprint density at radius 1 is 1.07 bits per heavy atom. The Balaban J connectivity index is 0.00000320. The number of aryl methyl sites for hydroxylation is 1. The van der Waals surface area contributed by atoms with Crippen LogP contribution in [-0.2, 0) is 19.7 Å². The minimum Gasteiger partial charge on any atom is -0.487 e. The molecule has 0 aliphatic rings. The SMILES string of the molecule is CN=C(NCCCn1cccn1)NCc1ccccc1COc1ccccc1Cl.I. The van der Waals surface area contributed by atoms with E-state index < -0.39 is 0 Å². The standard InChI is InChI=1S/C22H26ClN5O.HI/c1-24-22(25-12-6-14-28-15-7-13-27-28)26-16-18-8-2-3-9-19(18)17-29-21-11-5-4-10-20(21)23;/h2-5,7-11,13,15H,6,12,14,16-17H2,1H3,(H2,24,25,26);1H. The third kappa shape index (κ3) is 7.53. The van der Waals surface area contributed by atoms with Gasteiger partial charge in [0, 0.05) is 39.1 Å². The number of benzene rings is 2. The summed E-state index contributed by atoms with van der Waals surface area (Å²) in [5, 5.41) is 11.5. The molecule has 0 saturated heterocycles. The zero-order chi connectivity index (χ0) is 20.3. The molecule has 0 atom stereocenters. The molecular weight excluding hydrogens is 513 g/mol. The number of nitrogens with one attached hydrogen (secondary N) is 2.